The van der Waals surface area contributed by atoms with Gasteiger partial charge in [-0.2, -0.15) is 0 Å². The lowest BCUT2D eigenvalue weighted by Gasteiger charge is -2.33. The molecule has 3 aromatic carbocycles. The van der Waals surface area contributed by atoms with Crippen molar-refractivity contribution in [3.63, 3.8) is 0 Å². The first-order chi connectivity index (χ1) is 21.0. The minimum Gasteiger partial charge on any atom is -0.382 e. The van der Waals surface area contributed by atoms with Gasteiger partial charge in [-0.15, -0.1) is 0 Å². The van der Waals surface area contributed by atoms with E-state index in [9.17, 15) is 24.7 Å². The molecule has 0 saturated carbocycles. The Labute approximate surface area is 260 Å². The van der Waals surface area contributed by atoms with Gasteiger partial charge in [0.15, 0.2) is 0 Å². The van der Waals surface area contributed by atoms with Crippen molar-refractivity contribution in [2.75, 3.05) is 13.7 Å². The second kappa shape index (κ2) is 16.1. The summed E-state index contributed by atoms with van der Waals surface area (Å²) in [5, 5.41) is 25.7. The fourth-order valence-electron chi connectivity index (χ4n) is 5.28. The molecular weight excluding hydrogens is 558 g/mol. The number of ether oxygens (including phenoxy) is 1. The molecule has 0 aliphatic carbocycles. The number of aliphatic hydroxyl groups is 1. The zero-order valence-electron chi connectivity index (χ0n) is 26.2. The largest absolute Gasteiger partial charge is 0.382 e. The second-order valence-electron chi connectivity index (χ2n) is 12.2. The van der Waals surface area contributed by atoms with Gasteiger partial charge in [-0.3, -0.25) is 19.6 Å². The average Bonchev–Trinajstić information content (AvgIpc) is 3.01. The summed E-state index contributed by atoms with van der Waals surface area (Å²) in [5.41, 5.74) is 6.01. The summed E-state index contributed by atoms with van der Waals surface area (Å²) in [6, 6.07) is 24.2. The van der Waals surface area contributed by atoms with Crippen LogP contribution in [0.2, 0.25) is 0 Å². The molecule has 0 bridgehead atoms. The molecule has 0 aliphatic heterocycles. The summed E-state index contributed by atoms with van der Waals surface area (Å²) in [4.78, 5) is 39.4. The van der Waals surface area contributed by atoms with Crippen molar-refractivity contribution in [2.24, 2.45) is 11.3 Å². The first-order valence-electron chi connectivity index (χ1n) is 14.9. The van der Waals surface area contributed by atoms with Crippen LogP contribution in [0, 0.1) is 18.3 Å². The molecule has 0 heterocycles. The van der Waals surface area contributed by atoms with Crippen LogP contribution >= 0.6 is 0 Å². The van der Waals surface area contributed by atoms with E-state index in [1.165, 1.54) is 5.48 Å². The van der Waals surface area contributed by atoms with E-state index >= 15 is 0 Å². The fraction of sp³-hybridized carbons (Fsp3) is 0.400. The van der Waals surface area contributed by atoms with E-state index in [-0.39, 0.29) is 13.0 Å². The molecule has 44 heavy (non-hydrogen) atoms. The Morgan fingerprint density at radius 1 is 0.864 bits per heavy atom. The van der Waals surface area contributed by atoms with Gasteiger partial charge in [-0.05, 0) is 59.4 Å². The lowest BCUT2D eigenvalue weighted by molar-refractivity contribution is -0.147. The first kappa shape index (κ1) is 34.4. The summed E-state index contributed by atoms with van der Waals surface area (Å²) in [6.45, 7) is 7.73. The van der Waals surface area contributed by atoms with Crippen LogP contribution in [0.5, 0.6) is 0 Å². The molecule has 9 nitrogen and oxygen atoms in total. The zero-order valence-corrected chi connectivity index (χ0v) is 26.2. The Morgan fingerprint density at radius 2 is 1.50 bits per heavy atom. The summed E-state index contributed by atoms with van der Waals surface area (Å²) in [6.07, 6.45) is -0.578. The van der Waals surface area contributed by atoms with E-state index in [0.29, 0.717) is 12.8 Å². The third kappa shape index (κ3) is 9.47. The standard InChI is InChI=1S/C35H45N3O6/c1-23-21-24(19-20-27(23)25-14-8-6-9-15-25)13-12-18-28(30(39)33(41)38-43)32(40)37-31(35(2,3)4)34(42)36-29(22-44-5)26-16-10-7-11-17-26/h6-11,14-17,19-21,28-31,39,43H,12-13,18,22H2,1-5H3,(H,36,42)(H,37,40)(H,38,41)/t28-,29?,30?,31-/m1/s1. The quantitative estimate of drug-likeness (QED) is 0.136. The maximum absolute atomic E-state index is 13.6. The first-order valence-corrected chi connectivity index (χ1v) is 14.9. The van der Waals surface area contributed by atoms with Crippen LogP contribution in [0.15, 0.2) is 78.9 Å². The van der Waals surface area contributed by atoms with Crippen LogP contribution in [0.25, 0.3) is 11.1 Å². The maximum Gasteiger partial charge on any atom is 0.272 e. The number of carbonyl (C=O) groups is 3. The van der Waals surface area contributed by atoms with Gasteiger partial charge in [0.1, 0.15) is 12.1 Å². The lowest BCUT2D eigenvalue weighted by atomic mass is 9.84. The SMILES string of the molecule is COCC(NC(=O)[C@@H](NC(=O)[C@H](CCCc1ccc(-c2ccccc2)c(C)c1)C(O)C(=O)NO)C(C)(C)C)c1ccccc1. The number of carbonyl (C=O) groups excluding carboxylic acids is 3. The Hall–Kier alpha value is -4.05. The summed E-state index contributed by atoms with van der Waals surface area (Å²) in [5.74, 6) is -3.37. The predicted octanol–water partition coefficient (Wildman–Crippen LogP) is 4.50. The van der Waals surface area contributed by atoms with Crippen molar-refractivity contribution in [1.82, 2.24) is 16.1 Å². The third-order valence-corrected chi connectivity index (χ3v) is 7.72. The number of nitrogens with one attached hydrogen (secondary N) is 3. The molecule has 4 atom stereocenters. The lowest BCUT2D eigenvalue weighted by Crippen LogP contribution is -2.57. The van der Waals surface area contributed by atoms with E-state index < -0.39 is 47.2 Å². The van der Waals surface area contributed by atoms with Crippen LogP contribution in [0.3, 0.4) is 0 Å². The van der Waals surface area contributed by atoms with Gasteiger partial charge in [0.25, 0.3) is 5.91 Å². The summed E-state index contributed by atoms with van der Waals surface area (Å²) >= 11 is 0. The number of hydrogen-bond donors (Lipinski definition) is 5. The van der Waals surface area contributed by atoms with Crippen molar-refractivity contribution in [2.45, 2.75) is 65.1 Å². The van der Waals surface area contributed by atoms with E-state index in [1.54, 1.807) is 7.11 Å². The second-order valence-corrected chi connectivity index (χ2v) is 12.2. The van der Waals surface area contributed by atoms with Crippen LogP contribution in [0.1, 0.15) is 56.3 Å². The summed E-state index contributed by atoms with van der Waals surface area (Å²) in [7, 11) is 1.54. The number of hydrogen-bond acceptors (Lipinski definition) is 6. The van der Waals surface area contributed by atoms with Crippen LogP contribution in [0.4, 0.5) is 0 Å². The highest BCUT2D eigenvalue weighted by molar-refractivity contribution is 5.92. The smallest absolute Gasteiger partial charge is 0.272 e. The Bertz CT molecular complexity index is 1370. The van der Waals surface area contributed by atoms with Crippen LogP contribution in [-0.4, -0.2) is 53.9 Å². The minimum absolute atomic E-state index is 0.148. The molecule has 0 aliphatic rings. The van der Waals surface area contributed by atoms with Crippen molar-refractivity contribution in [3.05, 3.63) is 95.6 Å². The number of hydroxylamine groups is 1. The van der Waals surface area contributed by atoms with Crippen molar-refractivity contribution in [1.29, 1.82) is 0 Å². The van der Waals surface area contributed by atoms with Gasteiger partial charge >= 0.3 is 0 Å². The molecule has 0 radical (unpaired) electrons. The predicted molar refractivity (Wildman–Crippen MR) is 170 cm³/mol. The molecular formula is C35H45N3O6. The molecule has 0 saturated heterocycles. The van der Waals surface area contributed by atoms with E-state index in [2.05, 4.69) is 34.9 Å². The number of rotatable bonds is 14. The van der Waals surface area contributed by atoms with Gasteiger partial charge in [0.2, 0.25) is 11.8 Å². The maximum atomic E-state index is 13.6. The Balaban J connectivity index is 1.74. The molecule has 0 spiro atoms. The van der Waals surface area contributed by atoms with Crippen molar-refractivity contribution < 1.29 is 29.4 Å². The number of aryl methyl sites for hydroxylation is 2. The number of aliphatic hydroxyl groups excluding tert-OH is 1. The van der Waals surface area contributed by atoms with Crippen molar-refractivity contribution >= 4 is 17.7 Å². The molecule has 3 amide bonds. The molecule has 3 aromatic rings. The van der Waals surface area contributed by atoms with Crippen molar-refractivity contribution in [3.8, 4) is 11.1 Å². The molecule has 5 N–H and O–H groups in total. The number of amides is 3. The van der Waals surface area contributed by atoms with Crippen LogP contribution < -0.4 is 16.1 Å². The highest BCUT2D eigenvalue weighted by Crippen LogP contribution is 2.26. The fourth-order valence-corrected chi connectivity index (χ4v) is 5.28. The topological polar surface area (TPSA) is 137 Å². The third-order valence-electron chi connectivity index (χ3n) is 7.72. The van der Waals surface area contributed by atoms with Gasteiger partial charge in [-0.25, -0.2) is 5.48 Å². The number of methoxy groups -OCH3 is 1. The molecule has 0 fully saturated rings. The van der Waals surface area contributed by atoms with E-state index in [0.717, 1.165) is 27.8 Å². The molecule has 236 valence electrons. The van der Waals surface area contributed by atoms with E-state index in [4.69, 9.17) is 4.74 Å². The normalized spacial score (nSPS) is 14.2. The summed E-state index contributed by atoms with van der Waals surface area (Å²) < 4.78 is 5.33. The zero-order chi connectivity index (χ0) is 32.3. The van der Waals surface area contributed by atoms with Gasteiger partial charge in [0.05, 0.1) is 18.6 Å². The molecule has 9 heteroatoms. The van der Waals surface area contributed by atoms with Gasteiger partial charge < -0.3 is 20.5 Å². The molecule has 2 unspecified atom stereocenters. The highest BCUT2D eigenvalue weighted by atomic mass is 16.5. The molecule has 0 aromatic heterocycles. The number of benzene rings is 3. The highest BCUT2D eigenvalue weighted by Gasteiger charge is 2.38. The average molecular weight is 604 g/mol. The Kier molecular flexibility index (Phi) is 12.6. The minimum atomic E-state index is -1.81. The Morgan fingerprint density at radius 3 is 2.07 bits per heavy atom. The van der Waals surface area contributed by atoms with Crippen LogP contribution in [-0.2, 0) is 25.5 Å². The monoisotopic (exact) mass is 603 g/mol. The van der Waals surface area contributed by atoms with E-state index in [1.807, 2.05) is 82.3 Å². The molecule has 3 rings (SSSR count). The van der Waals surface area contributed by atoms with Gasteiger partial charge in [-0.1, -0.05) is 99.6 Å². The van der Waals surface area contributed by atoms with Gasteiger partial charge in [0, 0.05) is 7.11 Å².